The van der Waals surface area contributed by atoms with Crippen molar-refractivity contribution in [3.8, 4) is 0 Å². The quantitative estimate of drug-likeness (QED) is 0.768. The molecule has 78 valence electrons. The molecule has 0 saturated carbocycles. The second-order valence-electron chi connectivity index (χ2n) is 3.47. The number of aryl methyl sites for hydroxylation is 2. The minimum absolute atomic E-state index is 0.216. The zero-order chi connectivity index (χ0) is 10.6. The summed E-state index contributed by atoms with van der Waals surface area (Å²) < 4.78 is 13.4. The van der Waals surface area contributed by atoms with Gasteiger partial charge in [-0.25, -0.2) is 4.39 Å². The lowest BCUT2D eigenvalue weighted by Gasteiger charge is -2.05. The van der Waals surface area contributed by atoms with Crippen molar-refractivity contribution < 1.29 is 4.39 Å². The molecule has 0 heterocycles. The fourth-order valence-corrected chi connectivity index (χ4v) is 1.73. The third-order valence-corrected chi connectivity index (χ3v) is 2.42. The van der Waals surface area contributed by atoms with E-state index in [-0.39, 0.29) is 10.8 Å². The van der Waals surface area contributed by atoms with Gasteiger partial charge in [-0.2, -0.15) is 0 Å². The number of nitrogens with two attached hydrogens (primary N) is 1. The van der Waals surface area contributed by atoms with Crippen LogP contribution in [0.3, 0.4) is 0 Å². The Morgan fingerprint density at radius 3 is 2.71 bits per heavy atom. The molecule has 0 aliphatic heterocycles. The molecule has 0 aliphatic rings. The van der Waals surface area contributed by atoms with Crippen LogP contribution in [0, 0.1) is 12.7 Å². The summed E-state index contributed by atoms with van der Waals surface area (Å²) in [6, 6.07) is 3.49. The SMILES string of the molecule is Cc1cc(Cl)c(F)c(CCCCN)c1. The molecule has 2 N–H and O–H groups in total. The molecule has 1 nitrogen and oxygen atoms in total. The van der Waals surface area contributed by atoms with Crippen molar-refractivity contribution in [3.63, 3.8) is 0 Å². The van der Waals surface area contributed by atoms with E-state index >= 15 is 0 Å². The van der Waals surface area contributed by atoms with Crippen molar-refractivity contribution in [3.05, 3.63) is 34.1 Å². The Kier molecular flexibility index (Phi) is 4.36. The predicted octanol–water partition coefficient (Wildman–Crippen LogP) is 3.07. The first-order valence-corrected chi connectivity index (χ1v) is 5.17. The van der Waals surface area contributed by atoms with Gasteiger partial charge in [-0.05, 0) is 49.9 Å². The minimum Gasteiger partial charge on any atom is -0.330 e. The van der Waals surface area contributed by atoms with Crippen LogP contribution in [-0.4, -0.2) is 6.54 Å². The summed E-state index contributed by atoms with van der Waals surface area (Å²) in [5.41, 5.74) is 7.07. The number of benzene rings is 1. The Morgan fingerprint density at radius 1 is 1.36 bits per heavy atom. The second-order valence-corrected chi connectivity index (χ2v) is 3.87. The molecule has 0 radical (unpaired) electrons. The molecule has 0 saturated heterocycles. The molecule has 0 unspecified atom stereocenters. The van der Waals surface area contributed by atoms with E-state index in [1.54, 1.807) is 6.07 Å². The molecule has 3 heteroatoms. The van der Waals surface area contributed by atoms with Gasteiger partial charge in [-0.3, -0.25) is 0 Å². The number of hydrogen-bond donors (Lipinski definition) is 1. The van der Waals surface area contributed by atoms with Gasteiger partial charge in [0.1, 0.15) is 5.82 Å². The number of hydrogen-bond acceptors (Lipinski definition) is 1. The lowest BCUT2D eigenvalue weighted by Crippen LogP contribution is -2.00. The van der Waals surface area contributed by atoms with E-state index in [1.165, 1.54) is 0 Å². The van der Waals surface area contributed by atoms with Crippen LogP contribution >= 0.6 is 11.6 Å². The smallest absolute Gasteiger partial charge is 0.144 e. The Balaban J connectivity index is 2.75. The third-order valence-electron chi connectivity index (χ3n) is 2.15. The van der Waals surface area contributed by atoms with Crippen LogP contribution in [0.15, 0.2) is 12.1 Å². The molecule has 0 aliphatic carbocycles. The maximum atomic E-state index is 13.4. The summed E-state index contributed by atoms with van der Waals surface area (Å²) in [6.45, 7) is 2.57. The van der Waals surface area contributed by atoms with E-state index < -0.39 is 0 Å². The molecule has 14 heavy (non-hydrogen) atoms. The molecule has 1 aromatic rings. The van der Waals surface area contributed by atoms with Crippen LogP contribution < -0.4 is 5.73 Å². The van der Waals surface area contributed by atoms with E-state index in [9.17, 15) is 4.39 Å². The monoisotopic (exact) mass is 215 g/mol. The summed E-state index contributed by atoms with van der Waals surface area (Å²) in [4.78, 5) is 0. The summed E-state index contributed by atoms with van der Waals surface area (Å²) in [7, 11) is 0. The van der Waals surface area contributed by atoms with Crippen molar-refractivity contribution in [2.45, 2.75) is 26.2 Å². The molecule has 1 rings (SSSR count). The first kappa shape index (κ1) is 11.5. The van der Waals surface area contributed by atoms with Crippen LogP contribution in [0.25, 0.3) is 0 Å². The molecule has 0 aromatic heterocycles. The fraction of sp³-hybridized carbons (Fsp3) is 0.455. The van der Waals surface area contributed by atoms with E-state index in [0.717, 1.165) is 18.4 Å². The van der Waals surface area contributed by atoms with Gasteiger partial charge in [0.05, 0.1) is 5.02 Å². The highest BCUT2D eigenvalue weighted by molar-refractivity contribution is 6.30. The second kappa shape index (κ2) is 5.32. The maximum absolute atomic E-state index is 13.4. The molecular formula is C11H15ClFN. The number of unbranched alkanes of at least 4 members (excludes halogenated alkanes) is 1. The number of halogens is 2. The molecule has 0 spiro atoms. The highest BCUT2D eigenvalue weighted by atomic mass is 35.5. The molecule has 0 bridgehead atoms. The summed E-state index contributed by atoms with van der Waals surface area (Å²) >= 11 is 5.73. The zero-order valence-electron chi connectivity index (χ0n) is 8.32. The molecular weight excluding hydrogens is 201 g/mol. The standard InChI is InChI=1S/C11H15ClFN/c1-8-6-9(4-2-3-5-14)11(13)10(12)7-8/h6-7H,2-5,14H2,1H3. The van der Waals surface area contributed by atoms with Crippen molar-refractivity contribution >= 4 is 11.6 Å². The Morgan fingerprint density at radius 2 is 2.07 bits per heavy atom. The van der Waals surface area contributed by atoms with Crippen molar-refractivity contribution in [2.75, 3.05) is 6.54 Å². The highest BCUT2D eigenvalue weighted by Crippen LogP contribution is 2.21. The average molecular weight is 216 g/mol. The minimum atomic E-state index is -0.283. The summed E-state index contributed by atoms with van der Waals surface area (Å²) in [6.07, 6.45) is 2.54. The Hall–Kier alpha value is -0.600. The molecule has 0 atom stereocenters. The predicted molar refractivity (Wildman–Crippen MR) is 58.1 cm³/mol. The summed E-state index contributed by atoms with van der Waals surface area (Å²) in [5, 5.41) is 0.216. The van der Waals surface area contributed by atoms with Gasteiger partial charge in [0.25, 0.3) is 0 Å². The van der Waals surface area contributed by atoms with E-state index in [2.05, 4.69) is 0 Å². The van der Waals surface area contributed by atoms with Crippen molar-refractivity contribution in [1.29, 1.82) is 0 Å². The first-order chi connectivity index (χ1) is 6.65. The van der Waals surface area contributed by atoms with Gasteiger partial charge < -0.3 is 5.73 Å². The topological polar surface area (TPSA) is 26.0 Å². The van der Waals surface area contributed by atoms with Gasteiger partial charge in [0, 0.05) is 0 Å². The third kappa shape index (κ3) is 2.96. The van der Waals surface area contributed by atoms with Crippen LogP contribution in [-0.2, 0) is 6.42 Å². The average Bonchev–Trinajstić information content (AvgIpc) is 2.13. The van der Waals surface area contributed by atoms with Crippen LogP contribution in [0.5, 0.6) is 0 Å². The molecule has 0 fully saturated rings. The van der Waals surface area contributed by atoms with Gasteiger partial charge >= 0.3 is 0 Å². The summed E-state index contributed by atoms with van der Waals surface area (Å²) in [5.74, 6) is -0.283. The lowest BCUT2D eigenvalue weighted by atomic mass is 10.1. The normalized spacial score (nSPS) is 10.6. The fourth-order valence-electron chi connectivity index (χ4n) is 1.44. The van der Waals surface area contributed by atoms with E-state index in [4.69, 9.17) is 17.3 Å². The molecule has 0 amide bonds. The van der Waals surface area contributed by atoms with Gasteiger partial charge in [0.15, 0.2) is 0 Å². The maximum Gasteiger partial charge on any atom is 0.144 e. The van der Waals surface area contributed by atoms with Gasteiger partial charge in [0.2, 0.25) is 0 Å². The van der Waals surface area contributed by atoms with Crippen LogP contribution in [0.4, 0.5) is 4.39 Å². The Labute approximate surface area is 89.1 Å². The van der Waals surface area contributed by atoms with Crippen molar-refractivity contribution in [1.82, 2.24) is 0 Å². The molecule has 1 aromatic carbocycles. The highest BCUT2D eigenvalue weighted by Gasteiger charge is 2.07. The van der Waals surface area contributed by atoms with Crippen molar-refractivity contribution in [2.24, 2.45) is 5.73 Å². The van der Waals surface area contributed by atoms with E-state index in [1.807, 2.05) is 13.0 Å². The van der Waals surface area contributed by atoms with Crippen LogP contribution in [0.2, 0.25) is 5.02 Å². The van der Waals surface area contributed by atoms with E-state index in [0.29, 0.717) is 18.5 Å². The zero-order valence-corrected chi connectivity index (χ0v) is 9.07. The van der Waals surface area contributed by atoms with Gasteiger partial charge in [-0.15, -0.1) is 0 Å². The Bertz CT molecular complexity index is 312. The lowest BCUT2D eigenvalue weighted by molar-refractivity contribution is 0.601. The van der Waals surface area contributed by atoms with Crippen LogP contribution in [0.1, 0.15) is 24.0 Å². The first-order valence-electron chi connectivity index (χ1n) is 4.79. The number of rotatable bonds is 4. The van der Waals surface area contributed by atoms with Gasteiger partial charge in [-0.1, -0.05) is 17.7 Å². The largest absolute Gasteiger partial charge is 0.330 e.